The largest absolute Gasteiger partial charge is 0.207 e. The molecule has 1 aromatic carbocycles. The summed E-state index contributed by atoms with van der Waals surface area (Å²) in [5, 5.41) is 0. The average molecular weight is 262 g/mol. The SMILES string of the molecule is CC(C)c1cc(-c2ccc(F)cc2)sc1C(C)C. The summed E-state index contributed by atoms with van der Waals surface area (Å²) in [6, 6.07) is 9.03. The van der Waals surface area contributed by atoms with Crippen LogP contribution in [0.2, 0.25) is 0 Å². The van der Waals surface area contributed by atoms with Gasteiger partial charge in [0.15, 0.2) is 0 Å². The van der Waals surface area contributed by atoms with E-state index in [1.165, 1.54) is 27.5 Å². The number of hydrogen-bond donors (Lipinski definition) is 0. The second kappa shape index (κ2) is 5.23. The number of hydrogen-bond acceptors (Lipinski definition) is 1. The van der Waals surface area contributed by atoms with Crippen molar-refractivity contribution in [3.63, 3.8) is 0 Å². The molecule has 0 saturated heterocycles. The van der Waals surface area contributed by atoms with Crippen molar-refractivity contribution in [2.24, 2.45) is 0 Å². The summed E-state index contributed by atoms with van der Waals surface area (Å²) in [6.45, 7) is 8.91. The molecular formula is C16H19FS. The summed E-state index contributed by atoms with van der Waals surface area (Å²) >= 11 is 1.83. The Morgan fingerprint density at radius 2 is 1.56 bits per heavy atom. The molecule has 0 saturated carbocycles. The minimum Gasteiger partial charge on any atom is -0.207 e. The van der Waals surface area contributed by atoms with Crippen molar-refractivity contribution in [2.45, 2.75) is 39.5 Å². The maximum atomic E-state index is 12.9. The Labute approximate surface area is 112 Å². The Balaban J connectivity index is 2.46. The first kappa shape index (κ1) is 13.3. The van der Waals surface area contributed by atoms with Gasteiger partial charge in [-0.3, -0.25) is 0 Å². The highest BCUT2D eigenvalue weighted by Gasteiger charge is 2.15. The smallest absolute Gasteiger partial charge is 0.123 e. The van der Waals surface area contributed by atoms with Gasteiger partial charge in [0.1, 0.15) is 5.82 Å². The zero-order valence-electron chi connectivity index (χ0n) is 11.3. The fraction of sp³-hybridized carbons (Fsp3) is 0.375. The van der Waals surface area contributed by atoms with Crippen LogP contribution in [0.5, 0.6) is 0 Å². The fourth-order valence-electron chi connectivity index (χ4n) is 2.08. The van der Waals surface area contributed by atoms with Gasteiger partial charge in [0.25, 0.3) is 0 Å². The summed E-state index contributed by atoms with van der Waals surface area (Å²) < 4.78 is 12.9. The van der Waals surface area contributed by atoms with Gasteiger partial charge < -0.3 is 0 Å². The van der Waals surface area contributed by atoms with Crippen LogP contribution in [0.1, 0.15) is 50.0 Å². The van der Waals surface area contributed by atoms with Crippen molar-refractivity contribution < 1.29 is 4.39 Å². The molecule has 2 aromatic rings. The number of thiophene rings is 1. The molecule has 0 N–H and O–H groups in total. The Morgan fingerprint density at radius 1 is 0.944 bits per heavy atom. The standard InChI is InChI=1S/C16H19FS/c1-10(2)14-9-15(18-16(14)11(3)4)12-5-7-13(17)8-6-12/h5-11H,1-4H3. The van der Waals surface area contributed by atoms with Crippen LogP contribution in [0, 0.1) is 5.82 Å². The third kappa shape index (κ3) is 2.64. The molecule has 0 fully saturated rings. The van der Waals surface area contributed by atoms with Gasteiger partial charge in [-0.25, -0.2) is 4.39 Å². The van der Waals surface area contributed by atoms with Crippen molar-refractivity contribution in [3.05, 3.63) is 46.6 Å². The van der Waals surface area contributed by atoms with Crippen molar-refractivity contribution in [1.29, 1.82) is 0 Å². The van der Waals surface area contributed by atoms with E-state index >= 15 is 0 Å². The minimum atomic E-state index is -0.177. The molecule has 0 aliphatic heterocycles. The average Bonchev–Trinajstić information content (AvgIpc) is 2.75. The van der Waals surface area contributed by atoms with Crippen LogP contribution in [-0.2, 0) is 0 Å². The van der Waals surface area contributed by atoms with Crippen LogP contribution in [0.25, 0.3) is 10.4 Å². The molecule has 0 atom stereocenters. The highest BCUT2D eigenvalue weighted by atomic mass is 32.1. The Kier molecular flexibility index (Phi) is 3.86. The van der Waals surface area contributed by atoms with E-state index in [-0.39, 0.29) is 5.82 Å². The molecule has 0 aliphatic carbocycles. The molecule has 0 nitrogen and oxygen atoms in total. The van der Waals surface area contributed by atoms with Crippen LogP contribution in [0.4, 0.5) is 4.39 Å². The second-order valence-electron chi connectivity index (χ2n) is 5.25. The van der Waals surface area contributed by atoms with Crippen molar-refractivity contribution in [1.82, 2.24) is 0 Å². The van der Waals surface area contributed by atoms with Crippen LogP contribution < -0.4 is 0 Å². The van der Waals surface area contributed by atoms with Crippen LogP contribution >= 0.6 is 11.3 Å². The molecule has 0 amide bonds. The second-order valence-corrected chi connectivity index (χ2v) is 6.33. The molecule has 96 valence electrons. The van der Waals surface area contributed by atoms with E-state index < -0.39 is 0 Å². The molecule has 0 spiro atoms. The van der Waals surface area contributed by atoms with E-state index in [1.54, 1.807) is 0 Å². The molecule has 0 bridgehead atoms. The highest BCUT2D eigenvalue weighted by molar-refractivity contribution is 7.15. The van der Waals surface area contributed by atoms with E-state index in [9.17, 15) is 4.39 Å². The maximum Gasteiger partial charge on any atom is 0.123 e. The maximum absolute atomic E-state index is 12.9. The molecule has 0 aliphatic rings. The normalized spacial score (nSPS) is 11.5. The van der Waals surface area contributed by atoms with Crippen LogP contribution in [0.15, 0.2) is 30.3 Å². The Bertz CT molecular complexity index is 495. The van der Waals surface area contributed by atoms with E-state index in [4.69, 9.17) is 0 Å². The van der Waals surface area contributed by atoms with Gasteiger partial charge in [-0.05, 0) is 41.2 Å². The molecule has 2 heteroatoms. The van der Waals surface area contributed by atoms with E-state index in [1.807, 2.05) is 23.5 Å². The number of benzene rings is 1. The van der Waals surface area contributed by atoms with Gasteiger partial charge in [-0.1, -0.05) is 39.8 Å². The third-order valence-corrected chi connectivity index (χ3v) is 4.57. The van der Waals surface area contributed by atoms with E-state index in [2.05, 4.69) is 33.8 Å². The molecule has 0 radical (unpaired) electrons. The lowest BCUT2D eigenvalue weighted by molar-refractivity contribution is 0.628. The summed E-state index contributed by atoms with van der Waals surface area (Å²) in [4.78, 5) is 2.69. The summed E-state index contributed by atoms with van der Waals surface area (Å²) in [6.07, 6.45) is 0. The van der Waals surface area contributed by atoms with Crippen molar-refractivity contribution >= 4 is 11.3 Å². The monoisotopic (exact) mass is 262 g/mol. The number of rotatable bonds is 3. The third-order valence-electron chi connectivity index (χ3n) is 3.07. The zero-order valence-corrected chi connectivity index (χ0v) is 12.1. The predicted octanol–water partition coefficient (Wildman–Crippen LogP) is 5.80. The molecule has 2 rings (SSSR count). The first-order valence-electron chi connectivity index (χ1n) is 6.38. The predicted molar refractivity (Wildman–Crippen MR) is 77.9 cm³/mol. The molecule has 18 heavy (non-hydrogen) atoms. The molecular weight excluding hydrogens is 243 g/mol. The Hall–Kier alpha value is -1.15. The lowest BCUT2D eigenvalue weighted by Crippen LogP contribution is -1.91. The minimum absolute atomic E-state index is 0.177. The zero-order chi connectivity index (χ0) is 13.3. The van der Waals surface area contributed by atoms with Gasteiger partial charge in [-0.15, -0.1) is 11.3 Å². The van der Waals surface area contributed by atoms with Gasteiger partial charge in [0.05, 0.1) is 0 Å². The lowest BCUT2D eigenvalue weighted by Gasteiger charge is -2.08. The van der Waals surface area contributed by atoms with Crippen LogP contribution in [-0.4, -0.2) is 0 Å². The van der Waals surface area contributed by atoms with Gasteiger partial charge in [0.2, 0.25) is 0 Å². The van der Waals surface area contributed by atoms with Crippen molar-refractivity contribution in [3.8, 4) is 10.4 Å². The summed E-state index contributed by atoms with van der Waals surface area (Å²) in [7, 11) is 0. The quantitative estimate of drug-likeness (QED) is 0.655. The van der Waals surface area contributed by atoms with Gasteiger partial charge in [-0.2, -0.15) is 0 Å². The van der Waals surface area contributed by atoms with Crippen molar-refractivity contribution in [2.75, 3.05) is 0 Å². The first-order chi connectivity index (χ1) is 8.49. The topological polar surface area (TPSA) is 0 Å². The Morgan fingerprint density at radius 3 is 2.00 bits per heavy atom. The van der Waals surface area contributed by atoms with E-state index in [0.717, 1.165) is 5.56 Å². The van der Waals surface area contributed by atoms with Crippen LogP contribution in [0.3, 0.4) is 0 Å². The van der Waals surface area contributed by atoms with Gasteiger partial charge >= 0.3 is 0 Å². The summed E-state index contributed by atoms with van der Waals surface area (Å²) in [5.41, 5.74) is 2.53. The summed E-state index contributed by atoms with van der Waals surface area (Å²) in [5.74, 6) is 0.901. The van der Waals surface area contributed by atoms with Gasteiger partial charge in [0, 0.05) is 9.75 Å². The molecule has 1 heterocycles. The van der Waals surface area contributed by atoms with E-state index in [0.29, 0.717) is 11.8 Å². The molecule has 0 unspecified atom stereocenters. The lowest BCUT2D eigenvalue weighted by atomic mass is 9.98. The highest BCUT2D eigenvalue weighted by Crippen LogP contribution is 2.38. The first-order valence-corrected chi connectivity index (χ1v) is 7.20. The number of halogens is 1. The fourth-order valence-corrected chi connectivity index (χ4v) is 3.40. The molecule has 1 aromatic heterocycles.